The molecule has 0 atom stereocenters. The van der Waals surface area contributed by atoms with Gasteiger partial charge in [0.2, 0.25) is 0 Å². The van der Waals surface area contributed by atoms with Gasteiger partial charge in [-0.2, -0.15) is 0 Å². The van der Waals surface area contributed by atoms with Crippen molar-refractivity contribution in [1.29, 1.82) is 0 Å². The van der Waals surface area contributed by atoms with Gasteiger partial charge in [-0.05, 0) is 50.2 Å². The average molecular weight is 243 g/mol. The predicted octanol–water partition coefficient (Wildman–Crippen LogP) is 3.19. The summed E-state index contributed by atoms with van der Waals surface area (Å²) in [6.45, 7) is 4.00. The summed E-state index contributed by atoms with van der Waals surface area (Å²) in [5.41, 5.74) is 7.52. The van der Waals surface area contributed by atoms with Crippen molar-refractivity contribution in [3.8, 4) is 5.75 Å². The van der Waals surface area contributed by atoms with E-state index in [1.165, 1.54) is 0 Å². The van der Waals surface area contributed by atoms with Gasteiger partial charge in [0, 0.05) is 11.9 Å². The minimum absolute atomic E-state index is 0.178. The molecule has 3 N–H and O–H groups in total. The van der Waals surface area contributed by atoms with Crippen molar-refractivity contribution in [3.63, 3.8) is 0 Å². The molecular weight excluding hydrogens is 226 g/mol. The second kappa shape index (κ2) is 5.40. The van der Waals surface area contributed by atoms with E-state index in [1.54, 1.807) is 6.20 Å². The molecule has 1 aromatic heterocycles. The van der Waals surface area contributed by atoms with E-state index in [0.29, 0.717) is 5.82 Å². The smallest absolute Gasteiger partial charge is 0.147 e. The largest absolute Gasteiger partial charge is 0.491 e. The molecule has 2 aromatic rings. The second-order valence-electron chi connectivity index (χ2n) is 4.25. The first-order valence-electron chi connectivity index (χ1n) is 5.89. The van der Waals surface area contributed by atoms with Crippen LogP contribution in [-0.4, -0.2) is 11.1 Å². The lowest BCUT2D eigenvalue weighted by atomic mass is 10.3. The molecule has 0 saturated heterocycles. The van der Waals surface area contributed by atoms with Gasteiger partial charge >= 0.3 is 0 Å². The Morgan fingerprint density at radius 3 is 2.50 bits per heavy atom. The summed E-state index contributed by atoms with van der Waals surface area (Å²) in [5, 5.41) is 3.21. The van der Waals surface area contributed by atoms with Crippen LogP contribution >= 0.6 is 0 Å². The van der Waals surface area contributed by atoms with Crippen molar-refractivity contribution in [2.75, 3.05) is 11.1 Å². The monoisotopic (exact) mass is 243 g/mol. The zero-order valence-corrected chi connectivity index (χ0v) is 10.6. The molecule has 0 unspecified atom stereocenters. The van der Waals surface area contributed by atoms with Gasteiger partial charge in [-0.1, -0.05) is 0 Å². The number of hydrogen-bond acceptors (Lipinski definition) is 4. The van der Waals surface area contributed by atoms with E-state index in [4.69, 9.17) is 10.5 Å². The van der Waals surface area contributed by atoms with Gasteiger partial charge in [0.25, 0.3) is 0 Å². The molecule has 18 heavy (non-hydrogen) atoms. The Balaban J connectivity index is 2.09. The SMILES string of the molecule is CC(C)Oc1ccc(Nc2cccnc2N)cc1. The average Bonchev–Trinajstić information content (AvgIpc) is 2.34. The van der Waals surface area contributed by atoms with E-state index < -0.39 is 0 Å². The Labute approximate surface area is 107 Å². The van der Waals surface area contributed by atoms with Crippen molar-refractivity contribution in [3.05, 3.63) is 42.6 Å². The van der Waals surface area contributed by atoms with Crippen LogP contribution in [0.2, 0.25) is 0 Å². The van der Waals surface area contributed by atoms with E-state index in [1.807, 2.05) is 50.2 Å². The highest BCUT2D eigenvalue weighted by atomic mass is 16.5. The van der Waals surface area contributed by atoms with Gasteiger partial charge in [-0.25, -0.2) is 4.98 Å². The van der Waals surface area contributed by atoms with Crippen molar-refractivity contribution >= 4 is 17.2 Å². The van der Waals surface area contributed by atoms with E-state index in [2.05, 4.69) is 10.3 Å². The van der Waals surface area contributed by atoms with Crippen LogP contribution in [0, 0.1) is 0 Å². The molecule has 0 fully saturated rings. The number of pyridine rings is 1. The number of nitrogens with one attached hydrogen (secondary N) is 1. The molecule has 1 heterocycles. The first-order chi connectivity index (χ1) is 8.65. The minimum atomic E-state index is 0.178. The van der Waals surface area contributed by atoms with Gasteiger partial charge in [0.15, 0.2) is 0 Å². The molecule has 0 aliphatic heterocycles. The standard InChI is InChI=1S/C14H17N3O/c1-10(2)18-12-7-5-11(6-8-12)17-13-4-3-9-16-14(13)15/h3-10,17H,1-2H3,(H2,15,16). The van der Waals surface area contributed by atoms with Gasteiger partial charge in [0.05, 0.1) is 11.8 Å². The molecule has 0 bridgehead atoms. The summed E-state index contributed by atoms with van der Waals surface area (Å²) in [6, 6.07) is 11.5. The van der Waals surface area contributed by atoms with Crippen LogP contribution < -0.4 is 15.8 Å². The summed E-state index contributed by atoms with van der Waals surface area (Å²) in [6.07, 6.45) is 1.85. The molecule has 0 aliphatic rings. The number of rotatable bonds is 4. The minimum Gasteiger partial charge on any atom is -0.491 e. The van der Waals surface area contributed by atoms with Crippen LogP contribution in [0.5, 0.6) is 5.75 Å². The Bertz CT molecular complexity index is 509. The van der Waals surface area contributed by atoms with Crippen molar-refractivity contribution in [2.45, 2.75) is 20.0 Å². The molecule has 94 valence electrons. The fourth-order valence-electron chi connectivity index (χ4n) is 1.57. The molecule has 0 spiro atoms. The first kappa shape index (κ1) is 12.2. The zero-order chi connectivity index (χ0) is 13.0. The Morgan fingerprint density at radius 2 is 1.89 bits per heavy atom. The van der Waals surface area contributed by atoms with Crippen LogP contribution in [0.15, 0.2) is 42.6 Å². The molecule has 1 aromatic carbocycles. The summed E-state index contributed by atoms with van der Waals surface area (Å²) in [5.74, 6) is 1.34. The second-order valence-corrected chi connectivity index (χ2v) is 4.25. The third-order valence-electron chi connectivity index (χ3n) is 2.34. The lowest BCUT2D eigenvalue weighted by Gasteiger charge is -2.11. The normalized spacial score (nSPS) is 10.4. The van der Waals surface area contributed by atoms with Crippen molar-refractivity contribution < 1.29 is 4.74 Å². The van der Waals surface area contributed by atoms with Crippen molar-refractivity contribution in [2.24, 2.45) is 0 Å². The number of ether oxygens (including phenoxy) is 1. The molecule has 4 nitrogen and oxygen atoms in total. The summed E-state index contributed by atoms with van der Waals surface area (Å²) < 4.78 is 5.58. The predicted molar refractivity (Wildman–Crippen MR) is 74.1 cm³/mol. The van der Waals surface area contributed by atoms with Gasteiger partial charge in [-0.15, -0.1) is 0 Å². The molecule has 0 amide bonds. The first-order valence-corrected chi connectivity index (χ1v) is 5.89. The summed E-state index contributed by atoms with van der Waals surface area (Å²) >= 11 is 0. The third kappa shape index (κ3) is 3.13. The van der Waals surface area contributed by atoms with E-state index >= 15 is 0 Å². The molecule has 0 aliphatic carbocycles. The maximum atomic E-state index is 5.77. The third-order valence-corrected chi connectivity index (χ3v) is 2.34. The van der Waals surface area contributed by atoms with E-state index in [9.17, 15) is 0 Å². The number of benzene rings is 1. The number of anilines is 3. The van der Waals surface area contributed by atoms with Gasteiger partial charge < -0.3 is 15.8 Å². The number of nitrogens with two attached hydrogens (primary N) is 1. The quantitative estimate of drug-likeness (QED) is 0.865. The van der Waals surface area contributed by atoms with Crippen LogP contribution in [0.25, 0.3) is 0 Å². The number of nitrogens with zero attached hydrogens (tertiary/aromatic N) is 1. The summed E-state index contributed by atoms with van der Waals surface area (Å²) in [7, 11) is 0. The highest BCUT2D eigenvalue weighted by Crippen LogP contribution is 2.23. The van der Waals surface area contributed by atoms with Crippen LogP contribution in [0.1, 0.15) is 13.8 Å². The van der Waals surface area contributed by atoms with Gasteiger partial charge in [0.1, 0.15) is 11.6 Å². The molecule has 4 heteroatoms. The number of nitrogen functional groups attached to an aromatic ring is 1. The van der Waals surface area contributed by atoms with Gasteiger partial charge in [-0.3, -0.25) is 0 Å². The van der Waals surface area contributed by atoms with Crippen LogP contribution in [0.4, 0.5) is 17.2 Å². The Morgan fingerprint density at radius 1 is 1.17 bits per heavy atom. The Kier molecular flexibility index (Phi) is 3.67. The van der Waals surface area contributed by atoms with Crippen LogP contribution in [0.3, 0.4) is 0 Å². The lowest BCUT2D eigenvalue weighted by Crippen LogP contribution is -2.05. The molecule has 2 rings (SSSR count). The van der Waals surface area contributed by atoms with Crippen LogP contribution in [-0.2, 0) is 0 Å². The maximum Gasteiger partial charge on any atom is 0.147 e. The maximum absolute atomic E-state index is 5.77. The molecule has 0 saturated carbocycles. The van der Waals surface area contributed by atoms with Crippen molar-refractivity contribution in [1.82, 2.24) is 4.98 Å². The fourth-order valence-corrected chi connectivity index (χ4v) is 1.57. The lowest BCUT2D eigenvalue weighted by molar-refractivity contribution is 0.242. The zero-order valence-electron chi connectivity index (χ0n) is 10.6. The van der Waals surface area contributed by atoms with E-state index in [-0.39, 0.29) is 6.10 Å². The number of aromatic nitrogens is 1. The Hall–Kier alpha value is -2.23. The summed E-state index contributed by atoms with van der Waals surface area (Å²) in [4.78, 5) is 4.02. The highest BCUT2D eigenvalue weighted by Gasteiger charge is 2.01. The highest BCUT2D eigenvalue weighted by molar-refractivity contribution is 5.69. The topological polar surface area (TPSA) is 60.2 Å². The number of hydrogen-bond donors (Lipinski definition) is 2. The molecular formula is C14H17N3O. The fraction of sp³-hybridized carbons (Fsp3) is 0.214. The van der Waals surface area contributed by atoms with E-state index in [0.717, 1.165) is 17.1 Å². The molecule has 0 radical (unpaired) electrons.